The molecule has 0 fully saturated rings. The van der Waals surface area contributed by atoms with Gasteiger partial charge < -0.3 is 5.32 Å². The second kappa shape index (κ2) is 4.31. The van der Waals surface area contributed by atoms with Gasteiger partial charge in [0.1, 0.15) is 16.7 Å². The summed E-state index contributed by atoms with van der Waals surface area (Å²) in [4.78, 5) is 4.39. The predicted octanol–water partition coefficient (Wildman–Crippen LogP) is 2.13. The van der Waals surface area contributed by atoms with Gasteiger partial charge in [-0.3, -0.25) is 0 Å². The molecule has 82 valence electrons. The Hall–Kier alpha value is -1.26. The summed E-state index contributed by atoms with van der Waals surface area (Å²) >= 11 is 4.82. The molecule has 0 aromatic carbocycles. The highest BCUT2D eigenvalue weighted by molar-refractivity contribution is 9.10. The molecule has 2 aromatic rings. The third-order valence-corrected chi connectivity index (χ3v) is 3.35. The van der Waals surface area contributed by atoms with E-state index in [1.54, 1.807) is 17.8 Å². The highest BCUT2D eigenvalue weighted by atomic mass is 79.9. The number of anilines is 1. The largest absolute Gasteiger partial charge is 0.372 e. The van der Waals surface area contributed by atoms with Crippen molar-refractivity contribution < 1.29 is 0 Å². The minimum absolute atomic E-state index is 0.512. The highest BCUT2D eigenvalue weighted by Crippen LogP contribution is 2.28. The van der Waals surface area contributed by atoms with Crippen LogP contribution in [0.5, 0.6) is 0 Å². The van der Waals surface area contributed by atoms with E-state index in [4.69, 9.17) is 5.26 Å². The van der Waals surface area contributed by atoms with Gasteiger partial charge in [-0.1, -0.05) is 0 Å². The zero-order chi connectivity index (χ0) is 11.7. The third kappa shape index (κ3) is 1.54. The van der Waals surface area contributed by atoms with Gasteiger partial charge in [-0.05, 0) is 22.2 Å². The number of fused-ring (bicyclic) bond motifs is 1. The second-order valence-corrected chi connectivity index (χ2v) is 4.58. The first-order valence-corrected chi connectivity index (χ1v) is 6.43. The fourth-order valence-electron chi connectivity index (χ4n) is 1.43. The number of rotatable bonds is 2. The maximum Gasteiger partial charge on any atom is 0.172 e. The van der Waals surface area contributed by atoms with E-state index >= 15 is 0 Å². The molecule has 0 aliphatic rings. The topological polar surface area (TPSA) is 66.0 Å². The molecule has 0 atom stereocenters. The van der Waals surface area contributed by atoms with E-state index in [0.717, 1.165) is 4.47 Å². The molecule has 0 saturated heterocycles. The van der Waals surface area contributed by atoms with E-state index in [1.807, 2.05) is 6.26 Å². The van der Waals surface area contributed by atoms with E-state index in [0.29, 0.717) is 22.1 Å². The number of thioether (sulfide) groups is 1. The van der Waals surface area contributed by atoms with Gasteiger partial charge in [0.15, 0.2) is 11.5 Å². The van der Waals surface area contributed by atoms with Crippen molar-refractivity contribution in [2.45, 2.75) is 5.03 Å². The lowest BCUT2D eigenvalue weighted by Crippen LogP contribution is -2.05. The zero-order valence-electron chi connectivity index (χ0n) is 8.65. The molecular formula is C9H8BrN5S. The van der Waals surface area contributed by atoms with Crippen molar-refractivity contribution in [1.82, 2.24) is 14.6 Å². The van der Waals surface area contributed by atoms with Crippen molar-refractivity contribution in [3.05, 3.63) is 16.2 Å². The monoisotopic (exact) mass is 297 g/mol. The van der Waals surface area contributed by atoms with Gasteiger partial charge in [0.2, 0.25) is 0 Å². The maximum absolute atomic E-state index is 9.13. The summed E-state index contributed by atoms with van der Waals surface area (Å²) in [6.07, 6.45) is 3.55. The predicted molar refractivity (Wildman–Crippen MR) is 66.7 cm³/mol. The molecule has 0 bridgehead atoms. The molecule has 16 heavy (non-hydrogen) atoms. The first-order chi connectivity index (χ1) is 7.72. The minimum Gasteiger partial charge on any atom is -0.372 e. The molecule has 0 spiro atoms. The zero-order valence-corrected chi connectivity index (χ0v) is 11.1. The smallest absolute Gasteiger partial charge is 0.172 e. The number of nitrogens with zero attached hydrogens (tertiary/aromatic N) is 4. The molecular weight excluding hydrogens is 290 g/mol. The molecule has 0 saturated carbocycles. The number of hydrogen-bond donors (Lipinski definition) is 1. The van der Waals surface area contributed by atoms with Crippen LogP contribution in [-0.4, -0.2) is 27.9 Å². The first kappa shape index (κ1) is 11.2. The molecule has 7 heteroatoms. The summed E-state index contributed by atoms with van der Waals surface area (Å²) in [6, 6.07) is 2.15. The molecule has 0 radical (unpaired) electrons. The summed E-state index contributed by atoms with van der Waals surface area (Å²) in [5.74, 6) is 0.655. The van der Waals surface area contributed by atoms with Crippen LogP contribution in [-0.2, 0) is 0 Å². The van der Waals surface area contributed by atoms with Crippen molar-refractivity contribution in [2.24, 2.45) is 0 Å². The Balaban J connectivity index is 2.90. The third-order valence-electron chi connectivity index (χ3n) is 2.11. The number of aromatic nitrogens is 3. The van der Waals surface area contributed by atoms with Gasteiger partial charge >= 0.3 is 0 Å². The minimum atomic E-state index is 0.512. The summed E-state index contributed by atoms with van der Waals surface area (Å²) in [5, 5.41) is 17.0. The average Bonchev–Trinajstić information content (AvgIpc) is 2.68. The summed E-state index contributed by atoms with van der Waals surface area (Å²) in [6.45, 7) is 0. The lowest BCUT2D eigenvalue weighted by molar-refractivity contribution is 0.913. The van der Waals surface area contributed by atoms with Gasteiger partial charge in [0.25, 0.3) is 0 Å². The molecule has 2 rings (SSSR count). The van der Waals surface area contributed by atoms with Crippen LogP contribution in [0.2, 0.25) is 0 Å². The maximum atomic E-state index is 9.13. The Morgan fingerprint density at radius 3 is 2.94 bits per heavy atom. The lowest BCUT2D eigenvalue weighted by atomic mass is 10.3. The van der Waals surface area contributed by atoms with Gasteiger partial charge in [0, 0.05) is 7.05 Å². The van der Waals surface area contributed by atoms with E-state index in [9.17, 15) is 0 Å². The second-order valence-electron chi connectivity index (χ2n) is 2.93. The molecule has 2 heterocycles. The quantitative estimate of drug-likeness (QED) is 0.679. The normalized spacial score (nSPS) is 10.4. The number of halogens is 1. The average molecular weight is 298 g/mol. The molecule has 0 amide bonds. The van der Waals surface area contributed by atoms with Crippen molar-refractivity contribution in [3.8, 4) is 6.07 Å². The van der Waals surface area contributed by atoms with Crippen LogP contribution >= 0.6 is 27.7 Å². The Labute approximate surface area is 105 Å². The molecule has 5 nitrogen and oxygen atoms in total. The van der Waals surface area contributed by atoms with Crippen LogP contribution in [0.4, 0.5) is 5.82 Å². The molecule has 1 N–H and O–H groups in total. The van der Waals surface area contributed by atoms with E-state index in [2.05, 4.69) is 37.4 Å². The Morgan fingerprint density at radius 1 is 1.62 bits per heavy atom. The molecule has 0 aliphatic carbocycles. The number of hydrogen-bond acceptors (Lipinski definition) is 5. The van der Waals surface area contributed by atoms with Crippen molar-refractivity contribution in [1.29, 1.82) is 5.26 Å². The number of nitrogens with one attached hydrogen (secondary N) is 1. The first-order valence-electron chi connectivity index (χ1n) is 4.42. The standard InChI is InChI=1S/C9H8BrN5S/c1-12-7-5(3-11)9(16-2)14-8-6(10)4-13-15(7)8/h4,12H,1-2H3. The Kier molecular flexibility index (Phi) is 3.03. The fraction of sp³-hybridized carbons (Fsp3) is 0.222. The summed E-state index contributed by atoms with van der Waals surface area (Å²) < 4.78 is 2.42. The van der Waals surface area contributed by atoms with Gasteiger partial charge in [-0.15, -0.1) is 11.8 Å². The van der Waals surface area contributed by atoms with Crippen molar-refractivity contribution in [2.75, 3.05) is 18.6 Å². The lowest BCUT2D eigenvalue weighted by Gasteiger charge is -2.08. The van der Waals surface area contributed by atoms with E-state index in [1.165, 1.54) is 11.8 Å². The van der Waals surface area contributed by atoms with Crippen LogP contribution in [0.15, 0.2) is 15.7 Å². The van der Waals surface area contributed by atoms with Crippen LogP contribution in [0.25, 0.3) is 5.65 Å². The highest BCUT2D eigenvalue weighted by Gasteiger charge is 2.16. The Bertz CT molecular complexity index is 586. The molecule has 0 unspecified atom stereocenters. The molecule has 0 aliphatic heterocycles. The van der Waals surface area contributed by atoms with Crippen LogP contribution in [0.3, 0.4) is 0 Å². The van der Waals surface area contributed by atoms with Gasteiger partial charge in [0.05, 0.1) is 10.7 Å². The summed E-state index contributed by atoms with van der Waals surface area (Å²) in [5.41, 5.74) is 1.21. The van der Waals surface area contributed by atoms with Crippen LogP contribution in [0.1, 0.15) is 5.56 Å². The van der Waals surface area contributed by atoms with Crippen LogP contribution in [0, 0.1) is 11.3 Å². The fourth-order valence-corrected chi connectivity index (χ4v) is 2.30. The van der Waals surface area contributed by atoms with E-state index in [-0.39, 0.29) is 0 Å². The molecule has 2 aromatic heterocycles. The summed E-state index contributed by atoms with van der Waals surface area (Å²) in [7, 11) is 1.76. The van der Waals surface area contributed by atoms with Crippen molar-refractivity contribution in [3.63, 3.8) is 0 Å². The number of nitriles is 1. The van der Waals surface area contributed by atoms with Gasteiger partial charge in [-0.25, -0.2) is 4.98 Å². The Morgan fingerprint density at radius 2 is 2.38 bits per heavy atom. The van der Waals surface area contributed by atoms with Crippen molar-refractivity contribution >= 4 is 39.2 Å². The van der Waals surface area contributed by atoms with E-state index < -0.39 is 0 Å². The van der Waals surface area contributed by atoms with Crippen LogP contribution < -0.4 is 5.32 Å². The van der Waals surface area contributed by atoms with Gasteiger partial charge in [-0.2, -0.15) is 14.9 Å². The SMILES string of the molecule is CNc1c(C#N)c(SC)nc2c(Br)cnn12.